The molecular formula is C21H29N5OS. The molecule has 2 aromatic rings. The molecule has 7 heteroatoms. The maximum atomic E-state index is 13.6. The van der Waals surface area contributed by atoms with Crippen molar-refractivity contribution >= 4 is 17.2 Å². The zero-order valence-electron chi connectivity index (χ0n) is 16.8. The van der Waals surface area contributed by atoms with Crippen molar-refractivity contribution in [2.75, 3.05) is 26.2 Å². The molecule has 2 aromatic heterocycles. The Morgan fingerprint density at radius 1 is 1.32 bits per heavy atom. The van der Waals surface area contributed by atoms with Crippen LogP contribution in [0.15, 0.2) is 24.1 Å². The molecule has 0 N–H and O–H groups in total. The average Bonchev–Trinajstić information content (AvgIpc) is 3.09. The maximum absolute atomic E-state index is 13.6. The Kier molecular flexibility index (Phi) is 4.55. The molecule has 0 aromatic carbocycles. The van der Waals surface area contributed by atoms with E-state index < -0.39 is 0 Å². The number of hydrogen-bond acceptors (Lipinski definition) is 5. The molecule has 3 aliphatic rings. The zero-order valence-corrected chi connectivity index (χ0v) is 17.6. The molecular weight excluding hydrogens is 370 g/mol. The summed E-state index contributed by atoms with van der Waals surface area (Å²) >= 11 is 1.70. The molecule has 1 spiro atoms. The maximum Gasteiger partial charge on any atom is 0.230 e. The number of thiazole rings is 1. The summed E-state index contributed by atoms with van der Waals surface area (Å²) < 4.78 is 2.16. The van der Waals surface area contributed by atoms with Gasteiger partial charge in [-0.05, 0) is 39.0 Å². The van der Waals surface area contributed by atoms with E-state index in [0.29, 0.717) is 11.9 Å². The topological polar surface area (TPSA) is 54.3 Å². The fourth-order valence-electron chi connectivity index (χ4n) is 4.96. The summed E-state index contributed by atoms with van der Waals surface area (Å²) in [4.78, 5) is 27.4. The van der Waals surface area contributed by atoms with Crippen LogP contribution < -0.4 is 0 Å². The van der Waals surface area contributed by atoms with Gasteiger partial charge in [-0.2, -0.15) is 0 Å². The Hall–Kier alpha value is -1.73. The first-order valence-corrected chi connectivity index (χ1v) is 11.4. The number of imidazole rings is 1. The van der Waals surface area contributed by atoms with Crippen LogP contribution in [0.25, 0.3) is 0 Å². The van der Waals surface area contributed by atoms with Gasteiger partial charge < -0.3 is 9.47 Å². The van der Waals surface area contributed by atoms with Crippen molar-refractivity contribution in [1.82, 2.24) is 24.3 Å². The van der Waals surface area contributed by atoms with Crippen LogP contribution in [0.2, 0.25) is 0 Å². The van der Waals surface area contributed by atoms with Gasteiger partial charge >= 0.3 is 0 Å². The third-order valence-electron chi connectivity index (χ3n) is 6.75. The molecule has 1 aliphatic carbocycles. The highest BCUT2D eigenvalue weighted by Gasteiger charge is 2.58. The molecule has 0 unspecified atom stereocenters. The molecule has 2 aliphatic heterocycles. The summed E-state index contributed by atoms with van der Waals surface area (Å²) in [5, 5.41) is 3.16. The van der Waals surface area contributed by atoms with Crippen LogP contribution in [0, 0.1) is 11.3 Å². The normalized spacial score (nSPS) is 28.3. The molecule has 0 bridgehead atoms. The third kappa shape index (κ3) is 3.18. The predicted molar refractivity (Wildman–Crippen MR) is 109 cm³/mol. The number of aromatic nitrogens is 3. The van der Waals surface area contributed by atoms with E-state index in [1.54, 1.807) is 11.3 Å². The number of amides is 1. The van der Waals surface area contributed by atoms with Crippen molar-refractivity contribution < 1.29 is 4.79 Å². The van der Waals surface area contributed by atoms with Crippen molar-refractivity contribution in [3.63, 3.8) is 0 Å². The highest BCUT2D eigenvalue weighted by atomic mass is 32.1. The van der Waals surface area contributed by atoms with Gasteiger partial charge in [0.25, 0.3) is 0 Å². The quantitative estimate of drug-likeness (QED) is 0.749. The molecule has 6 nitrogen and oxygen atoms in total. The Balaban J connectivity index is 1.43. The molecule has 1 saturated carbocycles. The minimum absolute atomic E-state index is 0.171. The van der Waals surface area contributed by atoms with Crippen LogP contribution in [0.4, 0.5) is 0 Å². The van der Waals surface area contributed by atoms with Gasteiger partial charge in [0.2, 0.25) is 5.91 Å². The lowest BCUT2D eigenvalue weighted by Crippen LogP contribution is -2.40. The lowest BCUT2D eigenvalue weighted by atomic mass is 9.75. The number of nitrogens with zero attached hydrogens (tertiary/aromatic N) is 5. The van der Waals surface area contributed by atoms with E-state index in [1.165, 1.54) is 12.8 Å². The van der Waals surface area contributed by atoms with E-state index in [0.717, 1.165) is 55.8 Å². The molecule has 2 saturated heterocycles. The second kappa shape index (κ2) is 6.95. The first-order chi connectivity index (χ1) is 13.5. The number of hydrogen-bond donors (Lipinski definition) is 0. The zero-order chi connectivity index (χ0) is 19.3. The van der Waals surface area contributed by atoms with E-state index in [9.17, 15) is 4.79 Å². The minimum atomic E-state index is -0.317. The van der Waals surface area contributed by atoms with Crippen LogP contribution in [0.3, 0.4) is 0 Å². The number of carbonyl (C=O) groups is 1. The van der Waals surface area contributed by atoms with Gasteiger partial charge in [-0.3, -0.25) is 9.69 Å². The van der Waals surface area contributed by atoms with Crippen LogP contribution in [-0.4, -0.2) is 56.4 Å². The fourth-order valence-corrected chi connectivity index (χ4v) is 5.61. The molecule has 2 atom stereocenters. The Morgan fingerprint density at radius 2 is 2.18 bits per heavy atom. The third-order valence-corrected chi connectivity index (χ3v) is 7.51. The number of carbonyl (C=O) groups excluding carboxylic acids is 1. The van der Waals surface area contributed by atoms with Crippen LogP contribution in [0.5, 0.6) is 0 Å². The Labute approximate surface area is 170 Å². The highest BCUT2D eigenvalue weighted by Crippen LogP contribution is 2.50. The molecule has 150 valence electrons. The van der Waals surface area contributed by atoms with E-state index >= 15 is 0 Å². The minimum Gasteiger partial charge on any atom is -0.342 e. The second-order valence-corrected chi connectivity index (χ2v) is 10.1. The SMILES string of the molecule is CC(C)n1cnc([C@H]2CN(Cc3nccs3)C[C@]23CCN(CC2CC2)C3=O)c1. The molecule has 3 fully saturated rings. The van der Waals surface area contributed by atoms with Gasteiger partial charge in [0.1, 0.15) is 5.01 Å². The van der Waals surface area contributed by atoms with E-state index in [2.05, 4.69) is 39.4 Å². The molecule has 0 radical (unpaired) electrons. The lowest BCUT2D eigenvalue weighted by molar-refractivity contribution is -0.136. The van der Waals surface area contributed by atoms with Crippen molar-refractivity contribution in [3.05, 3.63) is 34.8 Å². The van der Waals surface area contributed by atoms with Gasteiger partial charge in [0.15, 0.2) is 0 Å². The van der Waals surface area contributed by atoms with Crippen molar-refractivity contribution in [2.24, 2.45) is 11.3 Å². The molecule has 5 rings (SSSR count). The standard InChI is InChI=1S/C21H29N5OS/c1-15(2)26-11-18(23-14-26)17-10-24(12-19-22-6-8-28-19)13-21(17)5-7-25(20(21)27)9-16-3-4-16/h6,8,11,14-17H,3-5,7,9-10,12-13H2,1-2H3/t17-,21-/m1/s1. The van der Waals surface area contributed by atoms with Crippen LogP contribution in [0.1, 0.15) is 55.8 Å². The van der Waals surface area contributed by atoms with Crippen molar-refractivity contribution in [1.29, 1.82) is 0 Å². The van der Waals surface area contributed by atoms with E-state index in [1.807, 2.05) is 17.9 Å². The Bertz CT molecular complexity index is 843. The van der Waals surface area contributed by atoms with Gasteiger partial charge in [0, 0.05) is 55.9 Å². The predicted octanol–water partition coefficient (Wildman–Crippen LogP) is 3.15. The summed E-state index contributed by atoms with van der Waals surface area (Å²) in [5.41, 5.74) is 0.763. The molecule has 4 heterocycles. The monoisotopic (exact) mass is 399 g/mol. The first kappa shape index (κ1) is 18.3. The second-order valence-electron chi connectivity index (χ2n) is 9.09. The van der Waals surface area contributed by atoms with Crippen LogP contribution >= 0.6 is 11.3 Å². The summed E-state index contributed by atoms with van der Waals surface area (Å²) in [7, 11) is 0. The molecule has 1 amide bonds. The van der Waals surface area contributed by atoms with Crippen LogP contribution in [-0.2, 0) is 11.3 Å². The summed E-state index contributed by atoms with van der Waals surface area (Å²) in [6.45, 7) is 8.74. The Morgan fingerprint density at radius 3 is 2.86 bits per heavy atom. The molecule has 28 heavy (non-hydrogen) atoms. The smallest absolute Gasteiger partial charge is 0.230 e. The lowest BCUT2D eigenvalue weighted by Gasteiger charge is -2.28. The average molecular weight is 400 g/mol. The van der Waals surface area contributed by atoms with E-state index in [-0.39, 0.29) is 11.3 Å². The van der Waals surface area contributed by atoms with Crippen molar-refractivity contribution in [2.45, 2.75) is 51.6 Å². The van der Waals surface area contributed by atoms with Gasteiger partial charge in [0.05, 0.1) is 24.0 Å². The first-order valence-electron chi connectivity index (χ1n) is 10.5. The summed E-state index contributed by atoms with van der Waals surface area (Å²) in [6, 6.07) is 0.385. The van der Waals surface area contributed by atoms with Gasteiger partial charge in [-0.25, -0.2) is 9.97 Å². The summed E-state index contributed by atoms with van der Waals surface area (Å²) in [6.07, 6.45) is 9.49. The van der Waals surface area contributed by atoms with E-state index in [4.69, 9.17) is 4.98 Å². The number of rotatable bonds is 6. The largest absolute Gasteiger partial charge is 0.342 e. The highest BCUT2D eigenvalue weighted by molar-refractivity contribution is 7.09. The van der Waals surface area contributed by atoms with Crippen molar-refractivity contribution in [3.8, 4) is 0 Å². The van der Waals surface area contributed by atoms with Gasteiger partial charge in [-0.15, -0.1) is 11.3 Å². The number of likely N-dealkylation sites (tertiary alicyclic amines) is 2. The van der Waals surface area contributed by atoms with Gasteiger partial charge in [-0.1, -0.05) is 0 Å². The fraction of sp³-hybridized carbons (Fsp3) is 0.667. The summed E-state index contributed by atoms with van der Waals surface area (Å²) in [5.74, 6) is 1.28.